The monoisotopic (exact) mass is 323 g/mol. The van der Waals surface area contributed by atoms with Gasteiger partial charge in [0, 0.05) is 30.0 Å². The molecule has 1 aliphatic heterocycles. The van der Waals surface area contributed by atoms with Crippen LogP contribution in [-0.4, -0.2) is 42.0 Å². The van der Waals surface area contributed by atoms with Crippen LogP contribution in [0, 0.1) is 6.92 Å². The second-order valence-corrected chi connectivity index (χ2v) is 6.59. The predicted molar refractivity (Wildman–Crippen MR) is 97.0 cm³/mol. The van der Waals surface area contributed by atoms with Gasteiger partial charge >= 0.3 is 0 Å². The van der Waals surface area contributed by atoms with Crippen LogP contribution in [0.4, 0.5) is 0 Å². The van der Waals surface area contributed by atoms with Crippen molar-refractivity contribution in [3.63, 3.8) is 0 Å². The van der Waals surface area contributed by atoms with E-state index in [2.05, 4.69) is 22.2 Å². The van der Waals surface area contributed by atoms with Gasteiger partial charge in [0.1, 0.15) is 0 Å². The largest absolute Gasteiger partial charge is 0.352 e. The van der Waals surface area contributed by atoms with Crippen LogP contribution in [0.5, 0.6) is 0 Å². The van der Waals surface area contributed by atoms with E-state index in [9.17, 15) is 4.79 Å². The first kappa shape index (κ1) is 16.7. The number of aromatic nitrogens is 1. The molecule has 2 heterocycles. The number of carbonyl (C=O) groups excluding carboxylic acids is 1. The molecule has 1 amide bonds. The Labute approximate surface area is 143 Å². The minimum absolute atomic E-state index is 0.00304. The van der Waals surface area contributed by atoms with Crippen LogP contribution in [0.15, 0.2) is 42.6 Å². The Morgan fingerprint density at radius 3 is 2.88 bits per heavy atom. The first-order valence-corrected chi connectivity index (χ1v) is 8.65. The minimum atomic E-state index is 0.00304. The molecular formula is C20H25N3O. The maximum atomic E-state index is 12.4. The highest BCUT2D eigenvalue weighted by molar-refractivity contribution is 5.95. The molecular weight excluding hydrogens is 298 g/mol. The maximum absolute atomic E-state index is 12.4. The van der Waals surface area contributed by atoms with Gasteiger partial charge in [-0.2, -0.15) is 0 Å². The van der Waals surface area contributed by atoms with Gasteiger partial charge in [0.05, 0.1) is 0 Å². The Kier molecular flexibility index (Phi) is 5.26. The summed E-state index contributed by atoms with van der Waals surface area (Å²) >= 11 is 0. The minimum Gasteiger partial charge on any atom is -0.352 e. The Balaban J connectivity index is 1.62. The number of nitrogens with zero attached hydrogens (tertiary/aromatic N) is 2. The number of hydrogen-bond donors (Lipinski definition) is 1. The summed E-state index contributed by atoms with van der Waals surface area (Å²) in [7, 11) is 2.17. The number of hydrogen-bond acceptors (Lipinski definition) is 3. The molecule has 1 saturated heterocycles. The molecule has 0 radical (unpaired) electrons. The van der Waals surface area contributed by atoms with Gasteiger partial charge < -0.3 is 10.2 Å². The number of rotatable bonds is 5. The van der Waals surface area contributed by atoms with Crippen molar-refractivity contribution in [3.05, 3.63) is 53.9 Å². The van der Waals surface area contributed by atoms with Crippen LogP contribution in [0.3, 0.4) is 0 Å². The van der Waals surface area contributed by atoms with Gasteiger partial charge in [0.2, 0.25) is 0 Å². The third-order valence-corrected chi connectivity index (χ3v) is 4.79. The fraction of sp³-hybridized carbons (Fsp3) is 0.400. The van der Waals surface area contributed by atoms with Crippen LogP contribution < -0.4 is 5.32 Å². The standard InChI is InChI=1S/C20H25N3O/c1-15-13-17(8-10-21-15)16-5-3-6-18(14-16)20(24)22-11-9-19-7-4-12-23(19)2/h3,5-6,8,10,13-14,19H,4,7,9,11-12H2,1-2H3,(H,22,24)/t19-/m0/s1. The number of nitrogens with one attached hydrogen (secondary N) is 1. The summed E-state index contributed by atoms with van der Waals surface area (Å²) in [6.45, 7) is 3.87. The molecule has 24 heavy (non-hydrogen) atoms. The van der Waals surface area contributed by atoms with Gasteiger partial charge in [-0.1, -0.05) is 12.1 Å². The summed E-state index contributed by atoms with van der Waals surface area (Å²) in [6, 6.07) is 12.4. The van der Waals surface area contributed by atoms with Crippen molar-refractivity contribution in [3.8, 4) is 11.1 Å². The Morgan fingerprint density at radius 2 is 2.12 bits per heavy atom. The van der Waals surface area contributed by atoms with Crippen molar-refractivity contribution in [1.29, 1.82) is 0 Å². The molecule has 1 aromatic carbocycles. The number of aryl methyl sites for hydroxylation is 1. The van der Waals surface area contributed by atoms with Crippen LogP contribution >= 0.6 is 0 Å². The highest BCUT2D eigenvalue weighted by Gasteiger charge is 2.20. The Hall–Kier alpha value is -2.20. The van der Waals surface area contributed by atoms with E-state index >= 15 is 0 Å². The van der Waals surface area contributed by atoms with Crippen molar-refractivity contribution >= 4 is 5.91 Å². The van der Waals surface area contributed by atoms with Crippen LogP contribution in [0.1, 0.15) is 35.3 Å². The summed E-state index contributed by atoms with van der Waals surface area (Å²) in [5.74, 6) is 0.00304. The van der Waals surface area contributed by atoms with E-state index in [0.717, 1.165) is 29.8 Å². The molecule has 2 aromatic rings. The zero-order valence-corrected chi connectivity index (χ0v) is 14.5. The lowest BCUT2D eigenvalue weighted by molar-refractivity contribution is 0.0950. The molecule has 1 N–H and O–H groups in total. The van der Waals surface area contributed by atoms with E-state index in [-0.39, 0.29) is 5.91 Å². The lowest BCUT2D eigenvalue weighted by Crippen LogP contribution is -2.31. The third-order valence-electron chi connectivity index (χ3n) is 4.79. The lowest BCUT2D eigenvalue weighted by Gasteiger charge is -2.19. The zero-order valence-electron chi connectivity index (χ0n) is 14.5. The molecule has 4 heteroatoms. The van der Waals surface area contributed by atoms with Gasteiger partial charge in [0.15, 0.2) is 0 Å². The normalized spacial score (nSPS) is 17.8. The van der Waals surface area contributed by atoms with Crippen molar-refractivity contribution < 1.29 is 4.79 Å². The van der Waals surface area contributed by atoms with Gasteiger partial charge in [-0.05, 0) is 75.2 Å². The zero-order chi connectivity index (χ0) is 16.9. The predicted octanol–water partition coefficient (Wildman–Crippen LogP) is 3.27. The van der Waals surface area contributed by atoms with E-state index in [1.807, 2.05) is 43.3 Å². The quantitative estimate of drug-likeness (QED) is 0.918. The number of pyridine rings is 1. The molecule has 0 unspecified atom stereocenters. The summed E-state index contributed by atoms with van der Waals surface area (Å²) in [5.41, 5.74) is 3.82. The fourth-order valence-corrected chi connectivity index (χ4v) is 3.36. The summed E-state index contributed by atoms with van der Waals surface area (Å²) in [4.78, 5) is 19.0. The molecule has 126 valence electrons. The molecule has 1 aliphatic rings. The summed E-state index contributed by atoms with van der Waals surface area (Å²) in [6.07, 6.45) is 5.33. The summed E-state index contributed by atoms with van der Waals surface area (Å²) in [5, 5.41) is 3.06. The van der Waals surface area contributed by atoms with E-state index in [0.29, 0.717) is 11.6 Å². The maximum Gasteiger partial charge on any atom is 0.251 e. The van der Waals surface area contributed by atoms with Crippen molar-refractivity contribution in [2.45, 2.75) is 32.2 Å². The lowest BCUT2D eigenvalue weighted by atomic mass is 10.0. The molecule has 0 aliphatic carbocycles. The Morgan fingerprint density at radius 1 is 1.29 bits per heavy atom. The number of carbonyl (C=O) groups is 1. The van der Waals surface area contributed by atoms with Crippen molar-refractivity contribution in [2.75, 3.05) is 20.1 Å². The first-order valence-electron chi connectivity index (χ1n) is 8.65. The molecule has 1 aromatic heterocycles. The first-order chi connectivity index (χ1) is 11.6. The van der Waals surface area contributed by atoms with Gasteiger partial charge in [-0.15, -0.1) is 0 Å². The summed E-state index contributed by atoms with van der Waals surface area (Å²) < 4.78 is 0. The SMILES string of the molecule is Cc1cc(-c2cccc(C(=O)NCC[C@@H]3CCCN3C)c2)ccn1. The average Bonchev–Trinajstić information content (AvgIpc) is 3.00. The van der Waals surface area contributed by atoms with Gasteiger partial charge in [0.25, 0.3) is 5.91 Å². The highest BCUT2D eigenvalue weighted by Crippen LogP contribution is 2.21. The average molecular weight is 323 g/mol. The number of amides is 1. The smallest absolute Gasteiger partial charge is 0.251 e. The van der Waals surface area contributed by atoms with Crippen LogP contribution in [0.2, 0.25) is 0 Å². The van der Waals surface area contributed by atoms with E-state index in [1.165, 1.54) is 19.4 Å². The molecule has 1 fully saturated rings. The molecule has 0 spiro atoms. The number of benzene rings is 1. The molecule has 1 atom stereocenters. The van der Waals surface area contributed by atoms with Crippen LogP contribution in [0.25, 0.3) is 11.1 Å². The topological polar surface area (TPSA) is 45.2 Å². The second kappa shape index (κ2) is 7.58. The molecule has 0 bridgehead atoms. The number of likely N-dealkylation sites (tertiary alicyclic amines) is 1. The molecule has 4 nitrogen and oxygen atoms in total. The van der Waals surface area contributed by atoms with Crippen molar-refractivity contribution in [1.82, 2.24) is 15.2 Å². The highest BCUT2D eigenvalue weighted by atomic mass is 16.1. The van der Waals surface area contributed by atoms with Gasteiger partial charge in [-0.25, -0.2) is 0 Å². The van der Waals surface area contributed by atoms with E-state index in [1.54, 1.807) is 6.20 Å². The van der Waals surface area contributed by atoms with E-state index < -0.39 is 0 Å². The van der Waals surface area contributed by atoms with E-state index in [4.69, 9.17) is 0 Å². The van der Waals surface area contributed by atoms with Crippen molar-refractivity contribution in [2.24, 2.45) is 0 Å². The van der Waals surface area contributed by atoms with Crippen LogP contribution in [-0.2, 0) is 0 Å². The second-order valence-electron chi connectivity index (χ2n) is 6.59. The van der Waals surface area contributed by atoms with Gasteiger partial charge in [-0.3, -0.25) is 9.78 Å². The third kappa shape index (κ3) is 4.01. The fourth-order valence-electron chi connectivity index (χ4n) is 3.36. The molecule has 0 saturated carbocycles. The molecule has 3 rings (SSSR count). The Bertz CT molecular complexity index is 714.